The third-order valence-corrected chi connectivity index (χ3v) is 3.37. The molecule has 0 saturated heterocycles. The molecule has 1 aromatic heterocycles. The first-order valence-electron chi connectivity index (χ1n) is 5.66. The van der Waals surface area contributed by atoms with E-state index in [2.05, 4.69) is 10.7 Å². The molecule has 0 spiro atoms. The van der Waals surface area contributed by atoms with Crippen LogP contribution in [0.5, 0.6) is 0 Å². The number of nitro benzene ring substituents is 1. The molecule has 0 aliphatic carbocycles. The Balaban J connectivity index is 2.20. The molecular weight excluding hydrogens is 280 g/mol. The van der Waals surface area contributed by atoms with Crippen molar-refractivity contribution >= 4 is 28.6 Å². The number of nitrogens with zero attached hydrogens (tertiary/aromatic N) is 1. The van der Waals surface area contributed by atoms with Crippen molar-refractivity contribution < 1.29 is 9.72 Å². The van der Waals surface area contributed by atoms with E-state index in [4.69, 9.17) is 5.84 Å². The molecule has 0 atom stereocenters. The van der Waals surface area contributed by atoms with Gasteiger partial charge in [-0.3, -0.25) is 20.8 Å². The Morgan fingerprint density at radius 3 is 2.80 bits per heavy atom. The van der Waals surface area contributed by atoms with Crippen molar-refractivity contribution in [1.29, 1.82) is 0 Å². The molecule has 0 bridgehead atoms. The van der Waals surface area contributed by atoms with E-state index in [0.29, 0.717) is 12.2 Å². The summed E-state index contributed by atoms with van der Waals surface area (Å²) in [6.07, 6.45) is 0. The number of hydrogen-bond acceptors (Lipinski definition) is 6. The van der Waals surface area contributed by atoms with E-state index >= 15 is 0 Å². The summed E-state index contributed by atoms with van der Waals surface area (Å²) in [5.74, 6) is 4.73. The highest BCUT2D eigenvalue weighted by atomic mass is 32.1. The van der Waals surface area contributed by atoms with E-state index in [1.165, 1.54) is 29.5 Å². The topological polar surface area (TPSA) is 110 Å². The highest BCUT2D eigenvalue weighted by molar-refractivity contribution is 7.07. The van der Waals surface area contributed by atoms with Crippen molar-refractivity contribution in [3.05, 3.63) is 56.3 Å². The van der Waals surface area contributed by atoms with E-state index in [1.54, 1.807) is 0 Å². The molecular formula is C12H12N4O3S. The summed E-state index contributed by atoms with van der Waals surface area (Å²) in [6, 6.07) is 5.90. The number of rotatable bonds is 5. The fourth-order valence-electron chi connectivity index (χ4n) is 1.64. The van der Waals surface area contributed by atoms with Gasteiger partial charge in [0.2, 0.25) is 0 Å². The molecule has 0 radical (unpaired) electrons. The zero-order valence-corrected chi connectivity index (χ0v) is 11.1. The van der Waals surface area contributed by atoms with Gasteiger partial charge in [-0.2, -0.15) is 11.3 Å². The summed E-state index contributed by atoms with van der Waals surface area (Å²) in [7, 11) is 0. The monoisotopic (exact) mass is 292 g/mol. The highest BCUT2D eigenvalue weighted by Crippen LogP contribution is 2.22. The number of carbonyl (C=O) groups is 1. The third-order valence-electron chi connectivity index (χ3n) is 2.64. The van der Waals surface area contributed by atoms with Crippen LogP contribution in [-0.2, 0) is 6.54 Å². The molecule has 104 valence electrons. The van der Waals surface area contributed by atoms with Crippen LogP contribution in [0.2, 0.25) is 0 Å². The van der Waals surface area contributed by atoms with Gasteiger partial charge in [0.25, 0.3) is 11.6 Å². The maximum absolute atomic E-state index is 12.1. The van der Waals surface area contributed by atoms with Gasteiger partial charge in [-0.05, 0) is 34.5 Å². The maximum Gasteiger partial charge on any atom is 0.282 e. The van der Waals surface area contributed by atoms with Crippen LogP contribution in [0, 0.1) is 10.1 Å². The molecule has 1 aromatic carbocycles. The second kappa shape index (κ2) is 6.13. The van der Waals surface area contributed by atoms with Crippen LogP contribution in [0.3, 0.4) is 0 Å². The predicted octanol–water partition coefficient (Wildman–Crippen LogP) is 1.87. The Bertz CT molecular complexity index is 628. The quantitative estimate of drug-likeness (QED) is 0.442. The van der Waals surface area contributed by atoms with Gasteiger partial charge in [-0.25, -0.2) is 0 Å². The number of thiophene rings is 1. The Morgan fingerprint density at radius 1 is 1.40 bits per heavy atom. The fraction of sp³-hybridized carbons (Fsp3) is 0.0833. The molecule has 0 aliphatic rings. The summed E-state index contributed by atoms with van der Waals surface area (Å²) >= 11 is 1.52. The number of hydrazine groups is 1. The van der Waals surface area contributed by atoms with Gasteiger partial charge in [-0.1, -0.05) is 0 Å². The Kier molecular flexibility index (Phi) is 4.28. The molecule has 20 heavy (non-hydrogen) atoms. The minimum Gasteiger partial charge on any atom is -0.348 e. The molecule has 7 nitrogen and oxygen atoms in total. The maximum atomic E-state index is 12.1. The average molecular weight is 292 g/mol. The largest absolute Gasteiger partial charge is 0.348 e. The number of amides is 1. The summed E-state index contributed by atoms with van der Waals surface area (Å²) in [4.78, 5) is 22.4. The molecule has 2 rings (SSSR count). The van der Waals surface area contributed by atoms with E-state index in [-0.39, 0.29) is 11.3 Å². The second-order valence-electron chi connectivity index (χ2n) is 3.95. The van der Waals surface area contributed by atoms with Crippen LogP contribution in [0.15, 0.2) is 35.0 Å². The Labute approximate surface area is 118 Å². The van der Waals surface area contributed by atoms with Crippen molar-refractivity contribution in [3.63, 3.8) is 0 Å². The van der Waals surface area contributed by atoms with Gasteiger partial charge in [0.05, 0.1) is 4.92 Å². The first-order valence-corrected chi connectivity index (χ1v) is 6.60. The first kappa shape index (κ1) is 14.0. The van der Waals surface area contributed by atoms with Crippen molar-refractivity contribution in [2.75, 3.05) is 5.43 Å². The number of nitro groups is 1. The number of nitrogen functional groups attached to an aromatic ring is 1. The zero-order valence-electron chi connectivity index (χ0n) is 10.3. The molecule has 8 heteroatoms. The predicted molar refractivity (Wildman–Crippen MR) is 76.4 cm³/mol. The van der Waals surface area contributed by atoms with E-state index < -0.39 is 10.8 Å². The summed E-state index contributed by atoms with van der Waals surface area (Å²) in [5, 5.41) is 17.4. The molecule has 2 aromatic rings. The number of anilines is 1. The smallest absolute Gasteiger partial charge is 0.282 e. The normalized spacial score (nSPS) is 10.1. The van der Waals surface area contributed by atoms with Gasteiger partial charge < -0.3 is 10.7 Å². The van der Waals surface area contributed by atoms with Crippen molar-refractivity contribution in [1.82, 2.24) is 5.32 Å². The SMILES string of the molecule is NNc1ccc([N+](=O)[O-])c(C(=O)NCc2ccsc2)c1. The third kappa shape index (κ3) is 3.11. The average Bonchev–Trinajstić information content (AvgIpc) is 2.97. The van der Waals surface area contributed by atoms with Crippen LogP contribution in [0.1, 0.15) is 15.9 Å². The van der Waals surface area contributed by atoms with Crippen LogP contribution >= 0.6 is 11.3 Å². The molecule has 1 heterocycles. The van der Waals surface area contributed by atoms with Crippen molar-refractivity contribution in [2.24, 2.45) is 5.84 Å². The molecule has 0 saturated carbocycles. The van der Waals surface area contributed by atoms with Crippen LogP contribution in [0.25, 0.3) is 0 Å². The lowest BCUT2D eigenvalue weighted by molar-refractivity contribution is -0.385. The zero-order chi connectivity index (χ0) is 14.5. The van der Waals surface area contributed by atoms with Crippen molar-refractivity contribution in [3.8, 4) is 0 Å². The lowest BCUT2D eigenvalue weighted by Gasteiger charge is -2.07. The summed E-state index contributed by atoms with van der Waals surface area (Å²) in [5.41, 5.74) is 3.44. The van der Waals surface area contributed by atoms with Crippen LogP contribution in [0.4, 0.5) is 11.4 Å². The van der Waals surface area contributed by atoms with E-state index in [1.807, 2.05) is 16.8 Å². The summed E-state index contributed by atoms with van der Waals surface area (Å²) < 4.78 is 0. The number of nitrogens with one attached hydrogen (secondary N) is 2. The Hall–Kier alpha value is -2.45. The minimum absolute atomic E-state index is 0.0271. The molecule has 0 fully saturated rings. The molecule has 4 N–H and O–H groups in total. The lowest BCUT2D eigenvalue weighted by Crippen LogP contribution is -2.23. The van der Waals surface area contributed by atoms with E-state index in [9.17, 15) is 14.9 Å². The van der Waals surface area contributed by atoms with E-state index in [0.717, 1.165) is 5.56 Å². The number of hydrogen-bond donors (Lipinski definition) is 3. The van der Waals surface area contributed by atoms with Gasteiger partial charge in [0, 0.05) is 18.3 Å². The Morgan fingerprint density at radius 2 is 2.20 bits per heavy atom. The second-order valence-corrected chi connectivity index (χ2v) is 4.73. The van der Waals surface area contributed by atoms with Gasteiger partial charge >= 0.3 is 0 Å². The van der Waals surface area contributed by atoms with Gasteiger partial charge in [0.15, 0.2) is 0 Å². The highest BCUT2D eigenvalue weighted by Gasteiger charge is 2.20. The first-order chi connectivity index (χ1) is 9.61. The molecule has 1 amide bonds. The number of carbonyl (C=O) groups excluding carboxylic acids is 1. The number of benzene rings is 1. The fourth-order valence-corrected chi connectivity index (χ4v) is 2.31. The van der Waals surface area contributed by atoms with Crippen molar-refractivity contribution in [2.45, 2.75) is 6.54 Å². The van der Waals surface area contributed by atoms with Crippen LogP contribution in [-0.4, -0.2) is 10.8 Å². The van der Waals surface area contributed by atoms with Gasteiger partial charge in [-0.15, -0.1) is 0 Å². The summed E-state index contributed by atoms with van der Waals surface area (Å²) in [6.45, 7) is 0.319. The minimum atomic E-state index is -0.597. The van der Waals surface area contributed by atoms with Gasteiger partial charge in [0.1, 0.15) is 5.56 Å². The lowest BCUT2D eigenvalue weighted by atomic mass is 10.1. The molecule has 0 aliphatic heterocycles. The number of nitrogens with two attached hydrogens (primary N) is 1. The van der Waals surface area contributed by atoms with Crippen LogP contribution < -0.4 is 16.6 Å². The standard InChI is InChI=1S/C12H12N4O3S/c13-15-9-1-2-11(16(18)19)10(5-9)12(17)14-6-8-3-4-20-7-8/h1-5,7,15H,6,13H2,(H,14,17). The molecule has 0 unspecified atom stereocenters.